The monoisotopic (exact) mass is 508 g/mol. The first-order valence-electron chi connectivity index (χ1n) is 13.7. The molecule has 0 saturated heterocycles. The van der Waals surface area contributed by atoms with Gasteiger partial charge < -0.3 is 0 Å². The summed E-state index contributed by atoms with van der Waals surface area (Å²) in [5.41, 5.74) is 3.70. The van der Waals surface area contributed by atoms with Crippen molar-refractivity contribution in [2.24, 2.45) is 9.98 Å². The van der Waals surface area contributed by atoms with Crippen molar-refractivity contribution in [1.82, 2.24) is 9.97 Å². The standard InChI is InChI=1S/C36H20N4/c1-2-8-20-16-28-27(15-19(20)7-1)37-33-23-11-5-13-25-31(23)32-24(34(33)38-28)12-6-14-26(32)36-35(25)39-29-17-21-9-3-4-10-22(21)18-30(29)40-36/h1-18,27-28H. The molecule has 1 aliphatic carbocycles. The van der Waals surface area contributed by atoms with Crippen molar-refractivity contribution in [2.75, 3.05) is 0 Å². The molecule has 0 radical (unpaired) electrons. The van der Waals surface area contributed by atoms with Crippen molar-refractivity contribution in [3.63, 3.8) is 0 Å². The van der Waals surface area contributed by atoms with Gasteiger partial charge >= 0.3 is 0 Å². The van der Waals surface area contributed by atoms with Gasteiger partial charge in [-0.2, -0.15) is 0 Å². The van der Waals surface area contributed by atoms with Crippen LogP contribution in [-0.4, -0.2) is 22.1 Å². The van der Waals surface area contributed by atoms with Crippen LogP contribution in [0.1, 0.15) is 0 Å². The maximum Gasteiger partial charge on any atom is 0.0979 e. The highest BCUT2D eigenvalue weighted by Crippen LogP contribution is 2.38. The van der Waals surface area contributed by atoms with E-state index in [1.807, 2.05) is 0 Å². The van der Waals surface area contributed by atoms with Gasteiger partial charge in [0, 0.05) is 32.3 Å². The smallest absolute Gasteiger partial charge is 0.0979 e. The average Bonchev–Trinajstić information content (AvgIpc) is 3.00. The molecule has 2 atom stereocenters. The van der Waals surface area contributed by atoms with Crippen LogP contribution < -0.4 is 21.2 Å². The number of fused-ring (bicyclic) bond motifs is 10. The molecule has 0 saturated carbocycles. The van der Waals surface area contributed by atoms with Gasteiger partial charge in [0.2, 0.25) is 0 Å². The Bertz CT molecular complexity index is 2490. The lowest BCUT2D eigenvalue weighted by Gasteiger charge is -2.23. The molecule has 4 nitrogen and oxygen atoms in total. The number of hydrogen-bond acceptors (Lipinski definition) is 4. The molecule has 7 aromatic carbocycles. The number of benzene rings is 7. The minimum absolute atomic E-state index is 0.0119. The summed E-state index contributed by atoms with van der Waals surface area (Å²) in [5, 5.41) is 13.7. The van der Waals surface area contributed by atoms with Gasteiger partial charge in [-0.25, -0.2) is 9.97 Å². The molecule has 0 amide bonds. The Morgan fingerprint density at radius 1 is 0.450 bits per heavy atom. The first-order valence-corrected chi connectivity index (χ1v) is 13.7. The third-order valence-electron chi connectivity index (χ3n) is 8.76. The zero-order valence-electron chi connectivity index (χ0n) is 21.3. The fourth-order valence-corrected chi connectivity index (χ4v) is 6.97. The average molecular weight is 509 g/mol. The fourth-order valence-electron chi connectivity index (χ4n) is 6.97. The Kier molecular flexibility index (Phi) is 3.75. The van der Waals surface area contributed by atoms with Crippen molar-refractivity contribution >= 4 is 77.3 Å². The summed E-state index contributed by atoms with van der Waals surface area (Å²) >= 11 is 0. The van der Waals surface area contributed by atoms with Crippen LogP contribution in [0.3, 0.4) is 0 Å². The SMILES string of the molecule is C1=c2ccccc2=CC2N=c3c(c4cccc5c6nc7cc8ccccc8cc7nc6c6cccc3c6c45)=NC12. The third-order valence-corrected chi connectivity index (χ3v) is 8.76. The predicted octanol–water partition coefficient (Wildman–Crippen LogP) is 5.10. The van der Waals surface area contributed by atoms with Crippen LogP contribution in [-0.2, 0) is 0 Å². The molecule has 0 bridgehead atoms. The summed E-state index contributed by atoms with van der Waals surface area (Å²) in [6.07, 6.45) is 4.54. The summed E-state index contributed by atoms with van der Waals surface area (Å²) in [4.78, 5) is 21.2. The second kappa shape index (κ2) is 7.25. The summed E-state index contributed by atoms with van der Waals surface area (Å²) in [6.45, 7) is 0. The normalized spacial score (nSPS) is 17.8. The van der Waals surface area contributed by atoms with Gasteiger partial charge in [0.05, 0.1) is 44.9 Å². The summed E-state index contributed by atoms with van der Waals surface area (Å²) < 4.78 is 0. The van der Waals surface area contributed by atoms with E-state index in [4.69, 9.17) is 20.0 Å². The second-order valence-corrected chi connectivity index (χ2v) is 11.0. The largest absolute Gasteiger partial charge is 0.272 e. The highest BCUT2D eigenvalue weighted by atomic mass is 14.9. The van der Waals surface area contributed by atoms with E-state index in [9.17, 15) is 0 Å². The van der Waals surface area contributed by atoms with Crippen LogP contribution in [0, 0.1) is 0 Å². The molecule has 10 rings (SSSR count). The lowest BCUT2D eigenvalue weighted by Crippen LogP contribution is -2.43. The quantitative estimate of drug-likeness (QED) is 0.211. The Morgan fingerprint density at radius 2 is 0.900 bits per heavy atom. The van der Waals surface area contributed by atoms with Crippen molar-refractivity contribution in [3.05, 3.63) is 118 Å². The van der Waals surface area contributed by atoms with Crippen molar-refractivity contribution in [3.8, 4) is 0 Å². The molecule has 8 aromatic rings. The Hall–Kier alpha value is -5.22. The molecule has 1 aliphatic heterocycles. The molecule has 1 aromatic heterocycles. The highest BCUT2D eigenvalue weighted by Gasteiger charge is 2.25. The summed E-state index contributed by atoms with van der Waals surface area (Å²) in [6, 6.07) is 34.2. The van der Waals surface area contributed by atoms with Crippen LogP contribution in [0.2, 0.25) is 0 Å². The summed E-state index contributed by atoms with van der Waals surface area (Å²) in [5.74, 6) is 0. The number of aromatic nitrogens is 2. The van der Waals surface area contributed by atoms with Gasteiger partial charge in [0.25, 0.3) is 0 Å². The molecule has 0 spiro atoms. The molecular formula is C36H20N4. The van der Waals surface area contributed by atoms with E-state index in [2.05, 4.69) is 109 Å². The van der Waals surface area contributed by atoms with Gasteiger partial charge in [0.15, 0.2) is 0 Å². The zero-order chi connectivity index (χ0) is 25.9. The maximum atomic E-state index is 5.36. The number of nitrogens with zero attached hydrogens (tertiary/aromatic N) is 4. The minimum atomic E-state index is -0.0119. The molecule has 0 fully saturated rings. The Balaban J connectivity index is 1.40. The van der Waals surface area contributed by atoms with E-state index in [0.717, 1.165) is 54.3 Å². The van der Waals surface area contributed by atoms with Crippen molar-refractivity contribution in [2.45, 2.75) is 12.1 Å². The minimum Gasteiger partial charge on any atom is -0.272 e. The predicted molar refractivity (Wildman–Crippen MR) is 163 cm³/mol. The molecule has 2 heterocycles. The van der Waals surface area contributed by atoms with E-state index in [1.165, 1.54) is 32.0 Å². The Labute approximate surface area is 227 Å². The van der Waals surface area contributed by atoms with Gasteiger partial charge in [-0.3, -0.25) is 9.98 Å². The van der Waals surface area contributed by atoms with Crippen LogP contribution in [0.15, 0.2) is 107 Å². The first kappa shape index (κ1) is 20.7. The van der Waals surface area contributed by atoms with Crippen molar-refractivity contribution in [1.29, 1.82) is 0 Å². The number of rotatable bonds is 0. The molecule has 2 unspecified atom stereocenters. The molecule has 4 heteroatoms. The van der Waals surface area contributed by atoms with Crippen LogP contribution in [0.5, 0.6) is 0 Å². The molecule has 184 valence electrons. The third kappa shape index (κ3) is 2.60. The maximum absolute atomic E-state index is 5.36. The fraction of sp³-hybridized carbons (Fsp3) is 0.0556. The molecule has 2 aliphatic rings. The second-order valence-electron chi connectivity index (χ2n) is 11.0. The van der Waals surface area contributed by atoms with E-state index >= 15 is 0 Å². The van der Waals surface area contributed by atoms with Gasteiger partial charge in [-0.15, -0.1) is 0 Å². The molecular weight excluding hydrogens is 488 g/mol. The molecule has 40 heavy (non-hydrogen) atoms. The van der Waals surface area contributed by atoms with E-state index in [-0.39, 0.29) is 12.1 Å². The van der Waals surface area contributed by atoms with Gasteiger partial charge in [0.1, 0.15) is 0 Å². The van der Waals surface area contributed by atoms with Gasteiger partial charge in [-0.05, 0) is 45.5 Å². The van der Waals surface area contributed by atoms with E-state index < -0.39 is 0 Å². The Morgan fingerprint density at radius 3 is 1.40 bits per heavy atom. The molecule has 0 N–H and O–H groups in total. The number of hydrogen-bond donors (Lipinski definition) is 0. The van der Waals surface area contributed by atoms with E-state index in [1.54, 1.807) is 0 Å². The topological polar surface area (TPSA) is 50.5 Å². The summed E-state index contributed by atoms with van der Waals surface area (Å²) in [7, 11) is 0. The van der Waals surface area contributed by atoms with Crippen molar-refractivity contribution < 1.29 is 0 Å². The highest BCUT2D eigenvalue weighted by molar-refractivity contribution is 6.32. The zero-order valence-corrected chi connectivity index (χ0v) is 21.3. The van der Waals surface area contributed by atoms with Crippen LogP contribution in [0.25, 0.3) is 77.3 Å². The lowest BCUT2D eigenvalue weighted by atomic mass is 9.90. The van der Waals surface area contributed by atoms with Crippen LogP contribution >= 0.6 is 0 Å². The first-order chi connectivity index (χ1) is 19.8. The lowest BCUT2D eigenvalue weighted by molar-refractivity contribution is 0.697. The van der Waals surface area contributed by atoms with Gasteiger partial charge in [-0.1, -0.05) is 84.9 Å². The van der Waals surface area contributed by atoms with Crippen LogP contribution in [0.4, 0.5) is 0 Å². The van der Waals surface area contributed by atoms with E-state index in [0.29, 0.717) is 0 Å².